The Morgan fingerprint density at radius 3 is 2.49 bits per heavy atom. The zero-order chi connectivity index (χ0) is 24.5. The lowest BCUT2D eigenvalue weighted by Crippen LogP contribution is -2.31. The third kappa shape index (κ3) is 4.21. The predicted octanol–water partition coefficient (Wildman–Crippen LogP) is 4.34. The normalized spacial score (nSPS) is 21.2. The van der Waals surface area contributed by atoms with E-state index in [-0.39, 0.29) is 35.1 Å². The van der Waals surface area contributed by atoms with Crippen LogP contribution in [0.15, 0.2) is 78.9 Å². The molecule has 3 amide bonds. The van der Waals surface area contributed by atoms with Crippen molar-refractivity contribution in [2.24, 2.45) is 17.8 Å². The predicted molar refractivity (Wildman–Crippen MR) is 132 cm³/mol. The minimum atomic E-state index is -0.671. The van der Waals surface area contributed by atoms with Gasteiger partial charge in [-0.2, -0.15) is 0 Å². The Morgan fingerprint density at radius 2 is 1.71 bits per heavy atom. The summed E-state index contributed by atoms with van der Waals surface area (Å²) in [5.74, 6) is -2.23. The highest BCUT2D eigenvalue weighted by molar-refractivity contribution is 6.22. The molecule has 1 aliphatic heterocycles. The Hall–Kier alpha value is -4.26. The van der Waals surface area contributed by atoms with Crippen molar-refractivity contribution in [3.05, 3.63) is 84.4 Å². The van der Waals surface area contributed by atoms with Crippen LogP contribution in [0.2, 0.25) is 0 Å². The zero-order valence-electron chi connectivity index (χ0n) is 19.1. The number of benzene rings is 3. The lowest BCUT2D eigenvalue weighted by Gasteiger charge is -2.22. The van der Waals surface area contributed by atoms with Gasteiger partial charge < -0.3 is 10.1 Å². The van der Waals surface area contributed by atoms with Gasteiger partial charge >= 0.3 is 5.97 Å². The van der Waals surface area contributed by atoms with Crippen LogP contribution in [0.25, 0.3) is 10.8 Å². The van der Waals surface area contributed by atoms with Crippen molar-refractivity contribution in [3.8, 4) is 0 Å². The van der Waals surface area contributed by atoms with Gasteiger partial charge in [-0.15, -0.1) is 0 Å². The van der Waals surface area contributed by atoms with Crippen LogP contribution in [0, 0.1) is 17.8 Å². The first-order valence-electron chi connectivity index (χ1n) is 11.5. The molecule has 1 N–H and O–H groups in total. The number of fused-ring (bicyclic) bond motifs is 2. The minimum Gasteiger partial charge on any atom is -0.452 e. The van der Waals surface area contributed by atoms with Crippen LogP contribution >= 0.6 is 0 Å². The highest BCUT2D eigenvalue weighted by Gasteiger charge is 2.50. The van der Waals surface area contributed by atoms with Crippen LogP contribution < -0.4 is 10.2 Å². The second kappa shape index (κ2) is 9.18. The molecule has 1 saturated heterocycles. The summed E-state index contributed by atoms with van der Waals surface area (Å²) in [6.07, 6.45) is 4.49. The van der Waals surface area contributed by atoms with Gasteiger partial charge in [-0.05, 0) is 48.1 Å². The summed E-state index contributed by atoms with van der Waals surface area (Å²) in [6, 6.07) is 19.3. The van der Waals surface area contributed by atoms with Crippen LogP contribution in [0.4, 0.5) is 11.4 Å². The maximum absolute atomic E-state index is 12.9. The molecule has 7 nitrogen and oxygen atoms in total. The highest BCUT2D eigenvalue weighted by Crippen LogP contribution is 2.40. The molecule has 3 aromatic carbocycles. The van der Waals surface area contributed by atoms with E-state index in [9.17, 15) is 19.2 Å². The number of rotatable bonds is 5. The SMILES string of the molecule is C[C@@H]1C=CC[C@@H]2C(=O)N(c3ccc(C(=O)OCC(=O)Nc4cccc5ccccc45)cc3)C(=O)[C@H]12. The Balaban J connectivity index is 1.21. The molecule has 0 saturated carbocycles. The number of amides is 3. The largest absolute Gasteiger partial charge is 0.452 e. The molecule has 3 aromatic rings. The van der Waals surface area contributed by atoms with E-state index in [4.69, 9.17) is 4.74 Å². The highest BCUT2D eigenvalue weighted by atomic mass is 16.5. The summed E-state index contributed by atoms with van der Waals surface area (Å²) >= 11 is 0. The molecule has 0 spiro atoms. The van der Waals surface area contributed by atoms with E-state index in [1.165, 1.54) is 17.0 Å². The molecule has 0 aromatic heterocycles. The molecule has 3 atom stereocenters. The first-order chi connectivity index (χ1) is 16.9. The molecule has 0 bridgehead atoms. The third-order valence-electron chi connectivity index (χ3n) is 6.63. The van der Waals surface area contributed by atoms with Gasteiger partial charge in [0.15, 0.2) is 6.61 Å². The van der Waals surface area contributed by atoms with Crippen LogP contribution in [-0.2, 0) is 19.1 Å². The molecule has 0 unspecified atom stereocenters. The molecule has 1 heterocycles. The lowest BCUT2D eigenvalue weighted by atomic mass is 9.78. The number of esters is 1. The van der Waals surface area contributed by atoms with Crippen molar-refractivity contribution >= 4 is 45.8 Å². The monoisotopic (exact) mass is 468 g/mol. The molecule has 1 aliphatic carbocycles. The van der Waals surface area contributed by atoms with Crippen molar-refractivity contribution in [1.82, 2.24) is 0 Å². The molecule has 0 radical (unpaired) electrons. The van der Waals surface area contributed by atoms with E-state index in [1.807, 2.05) is 55.5 Å². The summed E-state index contributed by atoms with van der Waals surface area (Å²) in [5, 5.41) is 4.65. The maximum Gasteiger partial charge on any atom is 0.338 e. The molecule has 1 fully saturated rings. The first-order valence-corrected chi connectivity index (χ1v) is 11.5. The van der Waals surface area contributed by atoms with Crippen LogP contribution in [0.1, 0.15) is 23.7 Å². The number of allylic oxidation sites excluding steroid dienone is 2. The van der Waals surface area contributed by atoms with E-state index >= 15 is 0 Å². The summed E-state index contributed by atoms with van der Waals surface area (Å²) < 4.78 is 5.17. The van der Waals surface area contributed by atoms with Gasteiger partial charge in [0, 0.05) is 11.1 Å². The van der Waals surface area contributed by atoms with E-state index < -0.39 is 18.5 Å². The Kier molecular flexibility index (Phi) is 5.91. The minimum absolute atomic E-state index is 0.00414. The fourth-order valence-electron chi connectivity index (χ4n) is 4.88. The summed E-state index contributed by atoms with van der Waals surface area (Å²) in [5.41, 5.74) is 1.28. The standard InChI is InChI=1S/C28H24N2O5/c1-17-6-4-10-22-25(17)27(33)30(26(22)32)20-14-12-19(13-15-20)28(34)35-16-24(31)29-23-11-5-8-18-7-2-3-9-21(18)23/h2-9,11-15,17,22,25H,10,16H2,1H3,(H,29,31)/t17-,22+,25-/m1/s1. The maximum atomic E-state index is 12.9. The second-order valence-corrected chi connectivity index (χ2v) is 8.87. The molecule has 7 heteroatoms. The number of carbonyl (C=O) groups is 4. The third-order valence-corrected chi connectivity index (χ3v) is 6.63. The second-order valence-electron chi connectivity index (χ2n) is 8.87. The van der Waals surface area contributed by atoms with Crippen molar-refractivity contribution in [2.45, 2.75) is 13.3 Å². The molecule has 5 rings (SSSR count). The van der Waals surface area contributed by atoms with Crippen LogP contribution in [0.5, 0.6) is 0 Å². The number of hydrogen-bond acceptors (Lipinski definition) is 5. The summed E-state index contributed by atoms with van der Waals surface area (Å²) in [4.78, 5) is 51.8. The molecular weight excluding hydrogens is 444 g/mol. The fraction of sp³-hybridized carbons (Fsp3) is 0.214. The van der Waals surface area contributed by atoms with Gasteiger partial charge in [0.25, 0.3) is 5.91 Å². The van der Waals surface area contributed by atoms with Gasteiger partial charge in [0.05, 0.1) is 23.1 Å². The number of anilines is 2. The Bertz CT molecular complexity index is 1360. The summed E-state index contributed by atoms with van der Waals surface area (Å²) in [7, 11) is 0. The fourth-order valence-corrected chi connectivity index (χ4v) is 4.88. The number of ether oxygens (including phenoxy) is 1. The van der Waals surface area contributed by atoms with Gasteiger partial charge in [0.1, 0.15) is 0 Å². The van der Waals surface area contributed by atoms with E-state index in [0.717, 1.165) is 10.8 Å². The van der Waals surface area contributed by atoms with E-state index in [0.29, 0.717) is 17.8 Å². The van der Waals surface area contributed by atoms with Crippen molar-refractivity contribution < 1.29 is 23.9 Å². The first kappa shape index (κ1) is 22.5. The number of carbonyl (C=O) groups excluding carboxylic acids is 4. The van der Waals surface area contributed by atoms with Gasteiger partial charge in [-0.1, -0.05) is 55.5 Å². The van der Waals surface area contributed by atoms with E-state index in [1.54, 1.807) is 18.2 Å². The zero-order valence-corrected chi connectivity index (χ0v) is 19.1. The average Bonchev–Trinajstić information content (AvgIpc) is 3.13. The Morgan fingerprint density at radius 1 is 0.971 bits per heavy atom. The summed E-state index contributed by atoms with van der Waals surface area (Å²) in [6.45, 7) is 1.50. The van der Waals surface area contributed by atoms with Gasteiger partial charge in [-0.3, -0.25) is 19.3 Å². The number of hydrogen-bond donors (Lipinski definition) is 1. The van der Waals surface area contributed by atoms with Crippen molar-refractivity contribution in [3.63, 3.8) is 0 Å². The van der Waals surface area contributed by atoms with Crippen molar-refractivity contribution in [2.75, 3.05) is 16.8 Å². The lowest BCUT2D eigenvalue weighted by molar-refractivity contribution is -0.123. The van der Waals surface area contributed by atoms with Gasteiger partial charge in [-0.25, -0.2) is 4.79 Å². The molecule has 35 heavy (non-hydrogen) atoms. The molecular formula is C28H24N2O5. The van der Waals surface area contributed by atoms with Crippen LogP contribution in [0.3, 0.4) is 0 Å². The molecule has 2 aliphatic rings. The van der Waals surface area contributed by atoms with Crippen LogP contribution in [-0.4, -0.2) is 30.3 Å². The Labute approximate surface area is 202 Å². The number of imide groups is 1. The average molecular weight is 469 g/mol. The van der Waals surface area contributed by atoms with Gasteiger partial charge in [0.2, 0.25) is 11.8 Å². The number of nitrogens with zero attached hydrogens (tertiary/aromatic N) is 1. The topological polar surface area (TPSA) is 92.8 Å². The molecule has 176 valence electrons. The van der Waals surface area contributed by atoms with E-state index in [2.05, 4.69) is 5.32 Å². The number of nitrogens with one attached hydrogen (secondary N) is 1. The van der Waals surface area contributed by atoms with Crippen molar-refractivity contribution in [1.29, 1.82) is 0 Å². The quantitative estimate of drug-likeness (QED) is 0.342. The smallest absolute Gasteiger partial charge is 0.338 e.